The number of aliphatic hydroxyl groups excluding tert-OH is 1. The zero-order chi connectivity index (χ0) is 14.6. The van der Waals surface area contributed by atoms with Crippen LogP contribution in [0.25, 0.3) is 0 Å². The third kappa shape index (κ3) is 8.25. The Balaban J connectivity index is 3.69. The zero-order valence-electron chi connectivity index (χ0n) is 13.1. The first kappa shape index (κ1) is 18.4. The molecule has 0 spiro atoms. The van der Waals surface area contributed by atoms with Crippen molar-refractivity contribution in [2.45, 2.75) is 78.6 Å². The molecule has 0 saturated carbocycles. The lowest BCUT2D eigenvalue weighted by molar-refractivity contribution is -0.121. The molecule has 0 rings (SSSR count). The number of carbonyl (C=O) groups is 1. The third-order valence-electron chi connectivity index (χ3n) is 4.25. The summed E-state index contributed by atoms with van der Waals surface area (Å²) in [6, 6.07) is 0. The average molecular weight is 271 g/mol. The minimum atomic E-state index is -0.128. The van der Waals surface area contributed by atoms with Crippen LogP contribution in [0.2, 0.25) is 0 Å². The van der Waals surface area contributed by atoms with Gasteiger partial charge in [0.25, 0.3) is 0 Å². The summed E-state index contributed by atoms with van der Waals surface area (Å²) < 4.78 is 0. The van der Waals surface area contributed by atoms with Gasteiger partial charge in [0.05, 0.1) is 6.61 Å². The van der Waals surface area contributed by atoms with Gasteiger partial charge in [-0.05, 0) is 19.3 Å². The summed E-state index contributed by atoms with van der Waals surface area (Å²) in [4.78, 5) is 11.7. The highest BCUT2D eigenvalue weighted by molar-refractivity contribution is 5.75. The van der Waals surface area contributed by atoms with E-state index in [0.29, 0.717) is 13.0 Å². The molecule has 114 valence electrons. The highest BCUT2D eigenvalue weighted by Crippen LogP contribution is 2.24. The number of rotatable bonds is 12. The summed E-state index contributed by atoms with van der Waals surface area (Å²) in [5, 5.41) is 12.4. The number of carbonyl (C=O) groups excluding carboxylic acids is 1. The van der Waals surface area contributed by atoms with Crippen LogP contribution in [0.4, 0.5) is 0 Å². The Morgan fingerprint density at radius 1 is 1.00 bits per heavy atom. The Morgan fingerprint density at radius 3 is 2.11 bits per heavy atom. The molecule has 0 aromatic carbocycles. The Bertz CT molecular complexity index is 217. The molecule has 19 heavy (non-hydrogen) atoms. The van der Waals surface area contributed by atoms with Crippen LogP contribution in [0.1, 0.15) is 78.6 Å². The van der Waals surface area contributed by atoms with Crippen molar-refractivity contribution in [3.63, 3.8) is 0 Å². The van der Waals surface area contributed by atoms with Crippen molar-refractivity contribution in [2.75, 3.05) is 13.2 Å². The van der Waals surface area contributed by atoms with Gasteiger partial charge in [0.15, 0.2) is 0 Å². The van der Waals surface area contributed by atoms with Gasteiger partial charge < -0.3 is 10.4 Å². The Morgan fingerprint density at radius 2 is 1.58 bits per heavy atom. The minimum absolute atomic E-state index is 0.128. The van der Waals surface area contributed by atoms with Gasteiger partial charge in [-0.3, -0.25) is 4.79 Å². The maximum Gasteiger partial charge on any atom is 0.220 e. The van der Waals surface area contributed by atoms with Crippen molar-refractivity contribution >= 4 is 5.91 Å². The first-order chi connectivity index (χ1) is 9.14. The van der Waals surface area contributed by atoms with Crippen molar-refractivity contribution in [3.05, 3.63) is 0 Å². The summed E-state index contributed by atoms with van der Waals surface area (Å²) in [5.41, 5.74) is -0.128. The lowest BCUT2D eigenvalue weighted by Crippen LogP contribution is -2.39. The normalized spacial score (nSPS) is 11.6. The van der Waals surface area contributed by atoms with E-state index in [4.69, 9.17) is 0 Å². The van der Waals surface area contributed by atoms with Gasteiger partial charge in [0, 0.05) is 18.4 Å². The Hall–Kier alpha value is -0.570. The van der Waals surface area contributed by atoms with E-state index < -0.39 is 0 Å². The van der Waals surface area contributed by atoms with E-state index in [-0.39, 0.29) is 17.9 Å². The van der Waals surface area contributed by atoms with E-state index in [1.54, 1.807) is 0 Å². The number of hydrogen-bond donors (Lipinski definition) is 2. The molecule has 0 aliphatic rings. The molecule has 0 aliphatic carbocycles. The summed E-state index contributed by atoms with van der Waals surface area (Å²) in [5.74, 6) is 0.134. The number of amides is 1. The van der Waals surface area contributed by atoms with E-state index in [1.807, 2.05) is 0 Å². The van der Waals surface area contributed by atoms with Gasteiger partial charge in [-0.15, -0.1) is 0 Å². The lowest BCUT2D eigenvalue weighted by atomic mass is 9.83. The van der Waals surface area contributed by atoms with Crippen LogP contribution in [0.15, 0.2) is 0 Å². The molecular weight excluding hydrogens is 238 g/mol. The van der Waals surface area contributed by atoms with Crippen molar-refractivity contribution in [3.8, 4) is 0 Å². The van der Waals surface area contributed by atoms with Crippen LogP contribution >= 0.6 is 0 Å². The summed E-state index contributed by atoms with van der Waals surface area (Å²) in [6.45, 7) is 7.10. The van der Waals surface area contributed by atoms with Crippen molar-refractivity contribution in [2.24, 2.45) is 5.41 Å². The van der Waals surface area contributed by atoms with Gasteiger partial charge in [-0.2, -0.15) is 0 Å². The average Bonchev–Trinajstić information content (AvgIpc) is 2.45. The molecule has 0 aromatic heterocycles. The van der Waals surface area contributed by atoms with E-state index in [9.17, 15) is 9.90 Å². The number of hydrogen-bond acceptors (Lipinski definition) is 2. The van der Waals surface area contributed by atoms with E-state index in [1.165, 1.54) is 25.7 Å². The molecule has 0 atom stereocenters. The molecule has 0 bridgehead atoms. The number of unbranched alkanes of at least 4 members (excludes halogenated alkanes) is 5. The van der Waals surface area contributed by atoms with Crippen LogP contribution in [0, 0.1) is 5.41 Å². The van der Waals surface area contributed by atoms with Crippen molar-refractivity contribution < 1.29 is 9.90 Å². The smallest absolute Gasteiger partial charge is 0.220 e. The number of aliphatic hydroxyl groups is 1. The molecule has 0 radical (unpaired) electrons. The minimum Gasteiger partial charge on any atom is -0.396 e. The molecule has 2 N–H and O–H groups in total. The molecular formula is C16H33NO2. The fourth-order valence-electron chi connectivity index (χ4n) is 2.22. The maximum absolute atomic E-state index is 11.7. The molecule has 0 aromatic rings. The quantitative estimate of drug-likeness (QED) is 0.532. The molecule has 0 fully saturated rings. The SMILES string of the molecule is CCCCCCCCC(=O)NCC(CC)(CC)CO. The molecule has 3 nitrogen and oxygen atoms in total. The Kier molecular flexibility index (Phi) is 10.9. The zero-order valence-corrected chi connectivity index (χ0v) is 13.1. The van der Waals surface area contributed by atoms with E-state index in [2.05, 4.69) is 26.1 Å². The molecule has 1 amide bonds. The van der Waals surface area contributed by atoms with Crippen LogP contribution in [-0.4, -0.2) is 24.2 Å². The van der Waals surface area contributed by atoms with Crippen molar-refractivity contribution in [1.29, 1.82) is 0 Å². The number of nitrogens with one attached hydrogen (secondary N) is 1. The standard InChI is InChI=1S/C16H33NO2/c1-4-7-8-9-10-11-12-15(19)17-13-16(5-2,6-3)14-18/h18H,4-14H2,1-3H3,(H,17,19). The Labute approximate surface area is 119 Å². The van der Waals surface area contributed by atoms with E-state index in [0.717, 1.165) is 25.7 Å². The van der Waals surface area contributed by atoms with Crippen LogP contribution in [-0.2, 0) is 4.79 Å². The fourth-order valence-corrected chi connectivity index (χ4v) is 2.22. The van der Waals surface area contributed by atoms with Crippen LogP contribution in [0.5, 0.6) is 0 Å². The highest BCUT2D eigenvalue weighted by atomic mass is 16.3. The van der Waals surface area contributed by atoms with E-state index >= 15 is 0 Å². The highest BCUT2D eigenvalue weighted by Gasteiger charge is 2.25. The molecule has 0 saturated heterocycles. The van der Waals surface area contributed by atoms with Crippen LogP contribution < -0.4 is 5.32 Å². The largest absolute Gasteiger partial charge is 0.396 e. The van der Waals surface area contributed by atoms with Gasteiger partial charge in [0.2, 0.25) is 5.91 Å². The molecule has 0 heterocycles. The lowest BCUT2D eigenvalue weighted by Gasteiger charge is -2.29. The van der Waals surface area contributed by atoms with Gasteiger partial charge in [-0.1, -0.05) is 52.9 Å². The van der Waals surface area contributed by atoms with Gasteiger partial charge in [0.1, 0.15) is 0 Å². The monoisotopic (exact) mass is 271 g/mol. The topological polar surface area (TPSA) is 49.3 Å². The predicted octanol–water partition coefficient (Wildman–Crippen LogP) is 3.65. The predicted molar refractivity (Wildman–Crippen MR) is 81.1 cm³/mol. The summed E-state index contributed by atoms with van der Waals surface area (Å²) >= 11 is 0. The second-order valence-electron chi connectivity index (χ2n) is 5.66. The van der Waals surface area contributed by atoms with Crippen molar-refractivity contribution in [1.82, 2.24) is 5.32 Å². The van der Waals surface area contributed by atoms with Gasteiger partial charge >= 0.3 is 0 Å². The van der Waals surface area contributed by atoms with Crippen LogP contribution in [0.3, 0.4) is 0 Å². The second kappa shape index (κ2) is 11.3. The third-order valence-corrected chi connectivity index (χ3v) is 4.25. The van der Waals surface area contributed by atoms with Gasteiger partial charge in [-0.25, -0.2) is 0 Å². The summed E-state index contributed by atoms with van der Waals surface area (Å²) in [7, 11) is 0. The maximum atomic E-state index is 11.7. The first-order valence-corrected chi connectivity index (χ1v) is 8.01. The first-order valence-electron chi connectivity index (χ1n) is 8.01. The fraction of sp³-hybridized carbons (Fsp3) is 0.938. The summed E-state index contributed by atoms with van der Waals surface area (Å²) in [6.07, 6.45) is 9.66. The second-order valence-corrected chi connectivity index (χ2v) is 5.66. The molecule has 0 unspecified atom stereocenters. The molecule has 3 heteroatoms. The molecule has 0 aliphatic heterocycles.